The molecule has 18 nitrogen and oxygen atoms in total. The molecule has 3 aliphatic heterocycles. The van der Waals surface area contributed by atoms with Crippen LogP contribution in [0.4, 0.5) is 17.1 Å². The van der Waals surface area contributed by atoms with Crippen molar-refractivity contribution in [1.29, 1.82) is 26.3 Å². The van der Waals surface area contributed by atoms with Gasteiger partial charge >= 0.3 is 0 Å². The van der Waals surface area contributed by atoms with E-state index in [1.165, 1.54) is 139 Å². The van der Waals surface area contributed by atoms with Crippen LogP contribution in [0.3, 0.4) is 0 Å². The van der Waals surface area contributed by atoms with E-state index in [2.05, 4.69) is 318 Å². The van der Waals surface area contributed by atoms with E-state index in [0.29, 0.717) is 30.2 Å². The number of hydrogen-bond donors (Lipinski definition) is 8. The van der Waals surface area contributed by atoms with Gasteiger partial charge in [0.1, 0.15) is 0 Å². The number of allylic oxidation sites excluding steroid dienone is 2. The summed E-state index contributed by atoms with van der Waals surface area (Å²) in [5.74, 6) is 0. The number of nitrogens with zero attached hydrogens (tertiary/aromatic N) is 10. The third-order valence-electron chi connectivity index (χ3n) is 34.9. The average molecular weight is 2000 g/mol. The predicted octanol–water partition coefficient (Wildman–Crippen LogP) is 30.0. The quantitative estimate of drug-likeness (QED) is 0.0633. The lowest BCUT2D eigenvalue weighted by Crippen LogP contribution is -2.35. The molecule has 8 heterocycles. The second kappa shape index (κ2) is 42.1. The molecule has 150 heavy (non-hydrogen) atoms. The van der Waals surface area contributed by atoms with Gasteiger partial charge in [-0.15, -0.1) is 0 Å². The molecule has 0 bridgehead atoms. The Bertz CT molecular complexity index is 7860. The number of nitriles is 5. The minimum atomic E-state index is -0.209. The van der Waals surface area contributed by atoms with Gasteiger partial charge in [-0.25, -0.2) is 0 Å². The van der Waals surface area contributed by atoms with Gasteiger partial charge in [0, 0.05) is 182 Å². The third-order valence-corrected chi connectivity index (χ3v) is 34.9. The molecule has 8 N–H and O–H groups in total. The zero-order valence-corrected chi connectivity index (χ0v) is 89.1. The molecule has 18 heteroatoms. The second-order valence-corrected chi connectivity index (χ2v) is 47.0. The summed E-state index contributed by atoms with van der Waals surface area (Å²) in [6.07, 6.45) is 45.9. The van der Waals surface area contributed by atoms with E-state index in [1.807, 2.05) is 34.6 Å². The molecule has 5 saturated carbocycles. The third kappa shape index (κ3) is 20.3. The molecule has 10 aromatic carbocycles. The first-order chi connectivity index (χ1) is 72.4. The monoisotopic (exact) mass is 1990 g/mol. The minimum absolute atomic E-state index is 0. The lowest BCUT2D eigenvalue weighted by atomic mass is 9.77. The van der Waals surface area contributed by atoms with Gasteiger partial charge in [-0.05, 0) is 406 Å². The Morgan fingerprint density at radius 1 is 0.307 bits per heavy atom. The summed E-state index contributed by atoms with van der Waals surface area (Å²) >= 11 is 0. The number of nitrogens with one attached hydrogen (secondary N) is 3. The number of aromatic nitrogens is 5. The maximum atomic E-state index is 10.1. The molecule has 0 saturated heterocycles. The van der Waals surface area contributed by atoms with Crippen LogP contribution in [0, 0.1) is 102 Å². The van der Waals surface area contributed by atoms with Crippen LogP contribution in [0.5, 0.6) is 0 Å². The Balaban J connectivity index is 0.000000119. The van der Waals surface area contributed by atoms with Crippen molar-refractivity contribution in [2.75, 3.05) is 29.0 Å². The predicted molar refractivity (Wildman–Crippen MR) is 614 cm³/mol. The summed E-state index contributed by atoms with van der Waals surface area (Å²) in [5.41, 5.74) is 40.8. The Kier molecular flexibility index (Phi) is 28.6. The van der Waals surface area contributed by atoms with Gasteiger partial charge in [-0.3, -0.25) is 0 Å². The van der Waals surface area contributed by atoms with Crippen LogP contribution in [0.2, 0.25) is 0 Å². The second-order valence-electron chi connectivity index (χ2n) is 47.0. The highest BCUT2D eigenvalue weighted by Crippen LogP contribution is 2.52. The van der Waals surface area contributed by atoms with Crippen molar-refractivity contribution in [3.63, 3.8) is 0 Å². The standard InChI is InChI=1S/2C28H30N2O.C27H31N3O.C25H27N3O.C24H25N3O.2H2/c2*1-18-13-27-25(14-20(18)16-29)26(17-30(27)21-7-9-22(31)10-8-21)24-6-4-5-19-15-28(2,3)12-11-23(19)24;1-17-13-26-23(14-18(17)15-28)24(16-30(26)19-7-9-20(31)10-8-19)21-5-4-6-25-22(21)11-12-27(2,3)29-25;1-16-12-25-22(13-17(16)14-26)23(15-28(25)18-7-9-19(29)10-8-18)20-4-2-6-24-21(20)5-3-11-27-24;1-15-10-24-21(11-16(15)13-25)22(14-27(24)17-7-8-18(28)12-17)19-4-2-6-23-20(19)5-3-9-26-23;;/h2*4-6,11-14,17,21-22,31H,7-10,15H2,1-3H3;4-6,13-14,16,19-20,29,31H,7-12H2,1-3H3;2,4,6,12-13,15,18-19,27,29H,3,5,7-11H2,1H3;2,4,6,10-11,14,17-18,26,28H,3,5,7-9,12H2,1H3;2*1H/t;;;;17-,18-;;/m....1../s1. The molecule has 7 aliphatic carbocycles. The zero-order valence-electron chi connectivity index (χ0n) is 89.1. The number of aliphatic hydroxyl groups is 5. The van der Waals surface area contributed by atoms with E-state index in [0.717, 1.165) is 269 Å². The van der Waals surface area contributed by atoms with Gasteiger partial charge in [0.2, 0.25) is 0 Å². The van der Waals surface area contributed by atoms with E-state index in [4.69, 9.17) is 0 Å². The van der Waals surface area contributed by atoms with E-state index in [-0.39, 0.29) is 49.7 Å². The fraction of sp³-hybridized carbons (Fsp3) is 0.402. The van der Waals surface area contributed by atoms with Crippen molar-refractivity contribution in [3.8, 4) is 86.0 Å². The molecular formula is C132H147N13O5. The summed E-state index contributed by atoms with van der Waals surface area (Å²) in [7, 11) is 0. The maximum Gasteiger partial charge on any atom is 0.0994 e. The number of aryl methyl sites for hydroxylation is 5. The smallest absolute Gasteiger partial charge is 0.0994 e. The normalized spacial score (nSPS) is 22.0. The van der Waals surface area contributed by atoms with E-state index < -0.39 is 0 Å². The van der Waals surface area contributed by atoms with E-state index >= 15 is 0 Å². The van der Waals surface area contributed by atoms with Gasteiger partial charge in [0.15, 0.2) is 0 Å². The number of fused-ring (bicyclic) bond motifs is 10. The first-order valence-electron chi connectivity index (χ1n) is 55.3. The molecule has 5 fully saturated rings. The Labute approximate surface area is 886 Å². The van der Waals surface area contributed by atoms with Crippen molar-refractivity contribution in [2.45, 2.75) is 316 Å². The Morgan fingerprint density at radius 3 is 0.873 bits per heavy atom. The topological polar surface area (TPSA) is 281 Å². The number of anilines is 3. The van der Waals surface area contributed by atoms with E-state index in [9.17, 15) is 51.8 Å². The molecule has 0 spiro atoms. The van der Waals surface area contributed by atoms with Gasteiger partial charge in [-0.2, -0.15) is 26.3 Å². The molecule has 770 valence electrons. The Morgan fingerprint density at radius 2 is 0.573 bits per heavy atom. The Hall–Kier alpha value is -14.0. The first-order valence-corrected chi connectivity index (χ1v) is 55.3. The van der Waals surface area contributed by atoms with Gasteiger partial charge < -0.3 is 64.3 Å². The fourth-order valence-corrected chi connectivity index (χ4v) is 26.4. The highest BCUT2D eigenvalue weighted by molar-refractivity contribution is 6.05. The lowest BCUT2D eigenvalue weighted by Gasteiger charge is -2.34. The molecule has 0 radical (unpaired) electrons. The van der Waals surface area contributed by atoms with Gasteiger partial charge in [-0.1, -0.05) is 125 Å². The first kappa shape index (κ1) is 102. The zero-order chi connectivity index (χ0) is 104. The molecular weight excluding hydrogens is 1850 g/mol. The summed E-state index contributed by atoms with van der Waals surface area (Å²) < 4.78 is 12.0. The van der Waals surface area contributed by atoms with E-state index in [1.54, 1.807) is 0 Å². The summed E-state index contributed by atoms with van der Waals surface area (Å²) in [4.78, 5) is 0. The number of hydrogen-bond acceptors (Lipinski definition) is 13. The summed E-state index contributed by atoms with van der Waals surface area (Å²) in [5, 5.41) is 115. The summed E-state index contributed by atoms with van der Waals surface area (Å²) in [6, 6.07) is 67.8. The van der Waals surface area contributed by atoms with Crippen LogP contribution in [0.1, 0.15) is 310 Å². The minimum Gasteiger partial charge on any atom is -0.393 e. The fourth-order valence-electron chi connectivity index (χ4n) is 26.4. The molecule has 10 aliphatic rings. The van der Waals surface area contributed by atoms with Crippen molar-refractivity contribution >= 4 is 83.7 Å². The van der Waals surface area contributed by atoms with Gasteiger partial charge in [0.05, 0.1) is 88.7 Å². The molecule has 0 amide bonds. The molecule has 25 rings (SSSR count). The van der Waals surface area contributed by atoms with Crippen LogP contribution in [-0.4, -0.2) is 97.5 Å². The van der Waals surface area contributed by atoms with Crippen molar-refractivity contribution in [3.05, 3.63) is 289 Å². The molecule has 2 atom stereocenters. The van der Waals surface area contributed by atoms with Gasteiger partial charge in [0.25, 0.3) is 0 Å². The number of aliphatic hydroxyl groups excluding tert-OH is 5. The lowest BCUT2D eigenvalue weighted by molar-refractivity contribution is 0.111. The van der Waals surface area contributed by atoms with Crippen LogP contribution >= 0.6 is 0 Å². The van der Waals surface area contributed by atoms with Crippen molar-refractivity contribution in [1.82, 2.24) is 22.8 Å². The van der Waals surface area contributed by atoms with Crippen LogP contribution < -0.4 is 16.0 Å². The van der Waals surface area contributed by atoms with Crippen molar-refractivity contribution < 1.29 is 28.4 Å². The average Bonchev–Trinajstić information content (AvgIpc) is 1.58. The van der Waals surface area contributed by atoms with Crippen LogP contribution in [0.25, 0.3) is 122 Å². The van der Waals surface area contributed by atoms with Crippen LogP contribution in [-0.2, 0) is 32.1 Å². The highest BCUT2D eigenvalue weighted by atomic mass is 16.3. The van der Waals surface area contributed by atoms with Crippen molar-refractivity contribution in [2.24, 2.45) is 10.8 Å². The molecule has 15 aromatic rings. The number of rotatable bonds is 10. The molecule has 0 unspecified atom stereocenters. The highest BCUT2D eigenvalue weighted by Gasteiger charge is 2.36. The molecule has 5 aromatic heterocycles. The maximum absolute atomic E-state index is 10.1. The summed E-state index contributed by atoms with van der Waals surface area (Å²) in [6.45, 7) is 25.8. The van der Waals surface area contributed by atoms with Crippen LogP contribution in [0.15, 0.2) is 195 Å². The SMILES string of the molecule is Cc1cc2c(cc1C#N)c(-c1cccc3c1C=CC(C)(C)C3)cn2C1CCC(O)CC1.Cc1cc2c(cc1C#N)c(-c1cccc3c1C=CC(C)(C)C3)cn2C1CCC(O)CC1.Cc1cc2c(cc1C#N)c(-c1cccc3c1CCC(C)(C)N3)cn2C1CCC(O)CC1.Cc1cc2c(cc1C#N)c(-c1cccc3c1CCCN3)cn2C1CCC(O)CC1.Cc1cc2c(cc1C#N)c(-c1cccc3c1CCCN3)cn2[C@@H]1CC[C@@H](O)C1.[HH].[HH]. The largest absolute Gasteiger partial charge is 0.393 e. The number of benzene rings is 10.